The molecule has 0 aliphatic rings. The summed E-state index contributed by atoms with van der Waals surface area (Å²) in [5.74, 6) is 0.222. The highest BCUT2D eigenvalue weighted by Crippen LogP contribution is 2.22. The summed E-state index contributed by atoms with van der Waals surface area (Å²) in [5, 5.41) is 0. The first-order valence-corrected chi connectivity index (χ1v) is 4.81. The minimum Gasteiger partial charge on any atom is -0.341 e. The second-order valence-corrected chi connectivity index (χ2v) is 5.86. The number of carbonyl (C=O) groups is 1. The van der Waals surface area contributed by atoms with Crippen LogP contribution in [0.1, 0.15) is 48.0 Å². The molecule has 0 aliphatic carbocycles. The lowest BCUT2D eigenvalue weighted by molar-refractivity contribution is -0.135. The zero-order chi connectivity index (χ0) is 10.9. The quantitative estimate of drug-likeness (QED) is 0.615. The highest BCUT2D eigenvalue weighted by molar-refractivity contribution is 5.77. The van der Waals surface area contributed by atoms with Gasteiger partial charge in [0.25, 0.3) is 0 Å². The second kappa shape index (κ2) is 3.69. The Labute approximate surface area is 82.3 Å². The van der Waals surface area contributed by atoms with Crippen molar-refractivity contribution in [1.82, 2.24) is 4.90 Å². The van der Waals surface area contributed by atoms with Gasteiger partial charge in [-0.1, -0.05) is 20.8 Å². The molecule has 0 heterocycles. The SMILES string of the molecule is CN(C(=O)CC(C)(C)C)C(C)(C)C. The van der Waals surface area contributed by atoms with Crippen LogP contribution in [0.15, 0.2) is 0 Å². The van der Waals surface area contributed by atoms with Crippen molar-refractivity contribution in [1.29, 1.82) is 0 Å². The van der Waals surface area contributed by atoms with Gasteiger partial charge in [0.05, 0.1) is 0 Å². The minimum atomic E-state index is -0.0671. The predicted molar refractivity (Wildman–Crippen MR) is 56.6 cm³/mol. The van der Waals surface area contributed by atoms with Gasteiger partial charge in [0, 0.05) is 19.0 Å². The molecule has 2 heteroatoms. The van der Waals surface area contributed by atoms with Gasteiger partial charge in [0.2, 0.25) is 5.91 Å². The molecule has 0 aliphatic heterocycles. The number of nitrogens with zero attached hydrogens (tertiary/aromatic N) is 1. The first-order chi connectivity index (χ1) is 5.54. The Morgan fingerprint density at radius 3 is 1.69 bits per heavy atom. The standard InChI is InChI=1S/C11H23NO/c1-10(2,3)8-9(13)12(7)11(4,5)6/h8H2,1-7H3. The molecule has 0 radical (unpaired) electrons. The Morgan fingerprint density at radius 1 is 1.08 bits per heavy atom. The fourth-order valence-electron chi connectivity index (χ4n) is 0.946. The predicted octanol–water partition coefficient (Wildman–Crippen LogP) is 2.68. The molecule has 0 saturated heterocycles. The molecule has 0 aromatic rings. The summed E-state index contributed by atoms with van der Waals surface area (Å²) in [4.78, 5) is 13.5. The molecule has 2 nitrogen and oxygen atoms in total. The lowest BCUT2D eigenvalue weighted by atomic mass is 9.91. The van der Waals surface area contributed by atoms with Crippen molar-refractivity contribution in [3.63, 3.8) is 0 Å². The van der Waals surface area contributed by atoms with Crippen molar-refractivity contribution >= 4 is 5.91 Å². The maximum absolute atomic E-state index is 11.7. The van der Waals surface area contributed by atoms with Crippen LogP contribution in [-0.4, -0.2) is 23.4 Å². The van der Waals surface area contributed by atoms with E-state index in [9.17, 15) is 4.79 Å². The highest BCUT2D eigenvalue weighted by atomic mass is 16.2. The van der Waals surface area contributed by atoms with E-state index < -0.39 is 0 Å². The van der Waals surface area contributed by atoms with Gasteiger partial charge in [0.1, 0.15) is 0 Å². The molecule has 0 N–H and O–H groups in total. The van der Waals surface area contributed by atoms with Crippen LogP contribution < -0.4 is 0 Å². The zero-order valence-corrected chi connectivity index (χ0v) is 10.1. The van der Waals surface area contributed by atoms with Gasteiger partial charge in [0.15, 0.2) is 0 Å². The molecule has 0 aromatic heterocycles. The summed E-state index contributed by atoms with van der Waals surface area (Å²) in [6.45, 7) is 12.4. The van der Waals surface area contributed by atoms with Gasteiger partial charge in [-0.2, -0.15) is 0 Å². The molecule has 0 aromatic carbocycles. The summed E-state index contributed by atoms with van der Waals surface area (Å²) >= 11 is 0. The van der Waals surface area contributed by atoms with Crippen LogP contribution in [0.5, 0.6) is 0 Å². The summed E-state index contributed by atoms with van der Waals surface area (Å²) in [5.41, 5.74) is 0.0128. The van der Waals surface area contributed by atoms with Gasteiger partial charge >= 0.3 is 0 Å². The normalized spacial score (nSPS) is 12.8. The van der Waals surface area contributed by atoms with Gasteiger partial charge < -0.3 is 4.90 Å². The summed E-state index contributed by atoms with van der Waals surface area (Å²) in [6.07, 6.45) is 0.612. The smallest absolute Gasteiger partial charge is 0.223 e. The van der Waals surface area contributed by atoms with Crippen LogP contribution in [0.25, 0.3) is 0 Å². The van der Waals surface area contributed by atoms with Crippen molar-refractivity contribution in [2.24, 2.45) is 5.41 Å². The Morgan fingerprint density at radius 2 is 1.46 bits per heavy atom. The van der Waals surface area contributed by atoms with Crippen molar-refractivity contribution in [2.75, 3.05) is 7.05 Å². The van der Waals surface area contributed by atoms with Gasteiger partial charge in [-0.3, -0.25) is 4.79 Å². The van der Waals surface area contributed by atoms with E-state index >= 15 is 0 Å². The van der Waals surface area contributed by atoms with Crippen LogP contribution in [0.4, 0.5) is 0 Å². The monoisotopic (exact) mass is 185 g/mol. The number of hydrogen-bond acceptors (Lipinski definition) is 1. The average molecular weight is 185 g/mol. The Bertz CT molecular complexity index is 183. The van der Waals surface area contributed by atoms with Gasteiger partial charge in [-0.05, 0) is 26.2 Å². The lowest BCUT2D eigenvalue weighted by Gasteiger charge is -2.34. The first kappa shape index (κ1) is 12.5. The van der Waals surface area contributed by atoms with Crippen LogP contribution in [0.3, 0.4) is 0 Å². The third-order valence-electron chi connectivity index (χ3n) is 2.06. The Kier molecular flexibility index (Phi) is 3.54. The van der Waals surface area contributed by atoms with E-state index in [1.54, 1.807) is 0 Å². The van der Waals surface area contributed by atoms with Crippen LogP contribution in [0, 0.1) is 5.41 Å². The van der Waals surface area contributed by atoms with Gasteiger partial charge in [-0.15, -0.1) is 0 Å². The van der Waals surface area contributed by atoms with Crippen LogP contribution in [-0.2, 0) is 4.79 Å². The van der Waals surface area contributed by atoms with Crippen molar-refractivity contribution in [3.8, 4) is 0 Å². The van der Waals surface area contributed by atoms with E-state index in [1.807, 2.05) is 32.7 Å². The molecule has 0 fully saturated rings. The zero-order valence-electron chi connectivity index (χ0n) is 10.1. The third kappa shape index (κ3) is 4.91. The van der Waals surface area contributed by atoms with E-state index in [-0.39, 0.29) is 16.9 Å². The molecule has 0 spiro atoms. The molecule has 78 valence electrons. The molecule has 0 unspecified atom stereocenters. The average Bonchev–Trinajstić information content (AvgIpc) is 1.79. The number of amides is 1. The van der Waals surface area contributed by atoms with Crippen molar-refractivity contribution < 1.29 is 4.79 Å². The minimum absolute atomic E-state index is 0.0671. The Balaban J connectivity index is 4.30. The molecule has 0 rings (SSSR count). The molecule has 1 amide bonds. The Hall–Kier alpha value is -0.530. The topological polar surface area (TPSA) is 20.3 Å². The van der Waals surface area contributed by atoms with Gasteiger partial charge in [-0.25, -0.2) is 0 Å². The summed E-state index contributed by atoms with van der Waals surface area (Å²) in [7, 11) is 1.87. The third-order valence-corrected chi connectivity index (χ3v) is 2.06. The lowest BCUT2D eigenvalue weighted by Crippen LogP contribution is -2.43. The van der Waals surface area contributed by atoms with E-state index in [4.69, 9.17) is 0 Å². The number of carbonyl (C=O) groups excluding carboxylic acids is 1. The fraction of sp³-hybridized carbons (Fsp3) is 0.909. The molecule has 0 saturated carbocycles. The summed E-state index contributed by atoms with van der Waals surface area (Å²) < 4.78 is 0. The fourth-order valence-corrected chi connectivity index (χ4v) is 0.946. The molecular formula is C11H23NO. The van der Waals surface area contributed by atoms with E-state index in [0.717, 1.165) is 0 Å². The van der Waals surface area contributed by atoms with E-state index in [0.29, 0.717) is 6.42 Å². The molecule has 0 bridgehead atoms. The van der Waals surface area contributed by atoms with Crippen LogP contribution >= 0.6 is 0 Å². The van der Waals surface area contributed by atoms with E-state index in [2.05, 4.69) is 20.8 Å². The first-order valence-electron chi connectivity index (χ1n) is 4.81. The molecule has 13 heavy (non-hydrogen) atoms. The largest absolute Gasteiger partial charge is 0.341 e. The van der Waals surface area contributed by atoms with Crippen molar-refractivity contribution in [3.05, 3.63) is 0 Å². The van der Waals surface area contributed by atoms with E-state index in [1.165, 1.54) is 0 Å². The highest BCUT2D eigenvalue weighted by Gasteiger charge is 2.25. The van der Waals surface area contributed by atoms with Crippen molar-refractivity contribution in [2.45, 2.75) is 53.5 Å². The maximum Gasteiger partial charge on any atom is 0.223 e. The molecule has 0 atom stereocenters. The number of rotatable bonds is 1. The summed E-state index contributed by atoms with van der Waals surface area (Å²) in [6, 6.07) is 0. The van der Waals surface area contributed by atoms with Crippen LogP contribution in [0.2, 0.25) is 0 Å². The molecular weight excluding hydrogens is 162 g/mol. The second-order valence-electron chi connectivity index (χ2n) is 5.86. The maximum atomic E-state index is 11.7. The number of hydrogen-bond donors (Lipinski definition) is 0.